The van der Waals surface area contributed by atoms with E-state index in [1.165, 1.54) is 50.6 Å². The van der Waals surface area contributed by atoms with E-state index in [0.717, 1.165) is 11.1 Å². The standard InChI is InChI=1S/C30H24N2O8/c1-39-25-15-21(11-13-23(25)29(35)36)31-27(33)19-7-3-17(4-8-19)18-5-9-20(10-6-18)28(34)32-22-12-14-24(30(37)38)26(16-22)40-2/h3-16H,1-2H3,(H,31,33)(H,32,34)(H,35,36)(H,37,38). The van der Waals surface area contributed by atoms with Crippen LogP contribution in [0.15, 0.2) is 84.9 Å². The molecule has 0 spiro atoms. The van der Waals surface area contributed by atoms with E-state index in [0.29, 0.717) is 22.5 Å². The minimum atomic E-state index is -1.13. The average Bonchev–Trinajstić information content (AvgIpc) is 2.96. The van der Waals surface area contributed by atoms with Crippen molar-refractivity contribution < 1.29 is 38.9 Å². The van der Waals surface area contributed by atoms with E-state index in [4.69, 9.17) is 9.47 Å². The van der Waals surface area contributed by atoms with Gasteiger partial charge in [0.2, 0.25) is 0 Å². The Balaban J connectivity index is 1.42. The van der Waals surface area contributed by atoms with E-state index in [9.17, 15) is 29.4 Å². The third-order valence-electron chi connectivity index (χ3n) is 6.01. The summed E-state index contributed by atoms with van der Waals surface area (Å²) in [6.45, 7) is 0. The number of carboxylic acid groups (broad SMARTS) is 2. The van der Waals surface area contributed by atoms with Crippen LogP contribution in [0.5, 0.6) is 11.5 Å². The molecule has 4 N–H and O–H groups in total. The van der Waals surface area contributed by atoms with Crippen molar-refractivity contribution in [1.29, 1.82) is 0 Å². The number of rotatable bonds is 9. The fourth-order valence-electron chi connectivity index (χ4n) is 3.93. The number of carbonyl (C=O) groups is 4. The van der Waals surface area contributed by atoms with Gasteiger partial charge in [0.05, 0.1) is 14.2 Å². The van der Waals surface area contributed by atoms with Crippen molar-refractivity contribution in [3.8, 4) is 22.6 Å². The maximum absolute atomic E-state index is 12.7. The Labute approximate surface area is 228 Å². The predicted molar refractivity (Wildman–Crippen MR) is 148 cm³/mol. The molecule has 0 fully saturated rings. The lowest BCUT2D eigenvalue weighted by molar-refractivity contribution is 0.0682. The van der Waals surface area contributed by atoms with Gasteiger partial charge in [-0.3, -0.25) is 9.59 Å². The van der Waals surface area contributed by atoms with Crippen LogP contribution in [-0.4, -0.2) is 48.2 Å². The van der Waals surface area contributed by atoms with Crippen LogP contribution < -0.4 is 20.1 Å². The van der Waals surface area contributed by atoms with E-state index < -0.39 is 11.9 Å². The number of aromatic carboxylic acids is 2. The van der Waals surface area contributed by atoms with E-state index in [1.54, 1.807) is 48.5 Å². The van der Waals surface area contributed by atoms with Crippen molar-refractivity contribution in [3.05, 3.63) is 107 Å². The highest BCUT2D eigenvalue weighted by molar-refractivity contribution is 6.06. The molecule has 0 bridgehead atoms. The molecule has 0 saturated heterocycles. The third kappa shape index (κ3) is 6.08. The van der Waals surface area contributed by atoms with Gasteiger partial charge < -0.3 is 30.3 Å². The zero-order valence-corrected chi connectivity index (χ0v) is 21.4. The molecule has 0 saturated carbocycles. The largest absolute Gasteiger partial charge is 0.496 e. The second-order valence-corrected chi connectivity index (χ2v) is 8.50. The molecule has 4 aromatic rings. The molecule has 4 rings (SSSR count). The Morgan fingerprint density at radius 1 is 0.550 bits per heavy atom. The molecule has 0 radical (unpaired) electrons. The van der Waals surface area contributed by atoms with Crippen molar-refractivity contribution in [2.45, 2.75) is 0 Å². The summed E-state index contributed by atoms with van der Waals surface area (Å²) < 4.78 is 10.2. The summed E-state index contributed by atoms with van der Waals surface area (Å²) in [4.78, 5) is 47.9. The molecule has 202 valence electrons. The molecule has 0 heterocycles. The van der Waals surface area contributed by atoms with Crippen LogP contribution in [0.4, 0.5) is 11.4 Å². The molecule has 40 heavy (non-hydrogen) atoms. The van der Waals surface area contributed by atoms with Gasteiger partial charge in [-0.15, -0.1) is 0 Å². The van der Waals surface area contributed by atoms with Crippen molar-refractivity contribution in [2.24, 2.45) is 0 Å². The second-order valence-electron chi connectivity index (χ2n) is 8.50. The summed E-state index contributed by atoms with van der Waals surface area (Å²) in [5.74, 6) is -2.76. The first-order chi connectivity index (χ1) is 19.2. The molecule has 0 aromatic heterocycles. The highest BCUT2D eigenvalue weighted by Crippen LogP contribution is 2.26. The topological polar surface area (TPSA) is 151 Å². The van der Waals surface area contributed by atoms with Crippen LogP contribution in [-0.2, 0) is 0 Å². The molecular formula is C30H24N2O8. The third-order valence-corrected chi connectivity index (χ3v) is 6.01. The molecule has 2 amide bonds. The Morgan fingerprint density at radius 2 is 0.900 bits per heavy atom. The first-order valence-electron chi connectivity index (χ1n) is 11.9. The summed E-state index contributed by atoms with van der Waals surface area (Å²) >= 11 is 0. The Bertz CT molecular complexity index is 1470. The normalized spacial score (nSPS) is 10.3. The molecule has 4 aromatic carbocycles. The lowest BCUT2D eigenvalue weighted by Gasteiger charge is -2.11. The Hall–Kier alpha value is -5.64. The van der Waals surface area contributed by atoms with Crippen molar-refractivity contribution in [1.82, 2.24) is 0 Å². The number of amides is 2. The first-order valence-corrected chi connectivity index (χ1v) is 11.9. The quantitative estimate of drug-likeness (QED) is 0.224. The predicted octanol–water partition coefficient (Wildman–Crippen LogP) is 5.27. The average molecular weight is 541 g/mol. The fourth-order valence-corrected chi connectivity index (χ4v) is 3.93. The Kier molecular flexibility index (Phi) is 8.10. The van der Waals surface area contributed by atoms with Crippen LogP contribution in [0.2, 0.25) is 0 Å². The highest BCUT2D eigenvalue weighted by atomic mass is 16.5. The van der Waals surface area contributed by atoms with Gasteiger partial charge in [-0.05, 0) is 59.7 Å². The number of carbonyl (C=O) groups excluding carboxylic acids is 2. The summed E-state index contributed by atoms with van der Waals surface area (Å²) in [6, 6.07) is 22.3. The number of hydrogen-bond acceptors (Lipinski definition) is 6. The SMILES string of the molecule is COc1cc(NC(=O)c2ccc(-c3ccc(C(=O)Nc4ccc(C(=O)O)c(OC)c4)cc3)cc2)ccc1C(=O)O. The molecule has 0 aliphatic carbocycles. The van der Waals surface area contributed by atoms with Crippen molar-refractivity contribution >= 4 is 35.1 Å². The number of nitrogens with one attached hydrogen (secondary N) is 2. The van der Waals surface area contributed by atoms with E-state index in [2.05, 4.69) is 10.6 Å². The van der Waals surface area contributed by atoms with E-state index >= 15 is 0 Å². The fraction of sp³-hybridized carbons (Fsp3) is 0.0667. The lowest BCUT2D eigenvalue weighted by Crippen LogP contribution is -2.12. The van der Waals surface area contributed by atoms with Crippen LogP contribution in [0.3, 0.4) is 0 Å². The van der Waals surface area contributed by atoms with Gasteiger partial charge >= 0.3 is 11.9 Å². The van der Waals surface area contributed by atoms with Gasteiger partial charge in [-0.25, -0.2) is 9.59 Å². The molecule has 0 unspecified atom stereocenters. The van der Waals surface area contributed by atoms with Crippen LogP contribution in [0.1, 0.15) is 41.4 Å². The smallest absolute Gasteiger partial charge is 0.339 e. The highest BCUT2D eigenvalue weighted by Gasteiger charge is 2.15. The molecule has 0 aliphatic rings. The minimum absolute atomic E-state index is 0.0111. The summed E-state index contributed by atoms with van der Waals surface area (Å²) in [6.07, 6.45) is 0. The van der Waals surface area contributed by atoms with Gasteiger partial charge in [0, 0.05) is 34.6 Å². The zero-order chi connectivity index (χ0) is 28.8. The van der Waals surface area contributed by atoms with Crippen molar-refractivity contribution in [2.75, 3.05) is 24.9 Å². The van der Waals surface area contributed by atoms with Gasteiger partial charge in [-0.1, -0.05) is 24.3 Å². The molecular weight excluding hydrogens is 516 g/mol. The van der Waals surface area contributed by atoms with Gasteiger partial charge in [-0.2, -0.15) is 0 Å². The molecule has 10 nitrogen and oxygen atoms in total. The number of anilines is 2. The van der Waals surface area contributed by atoms with Crippen molar-refractivity contribution in [3.63, 3.8) is 0 Å². The van der Waals surface area contributed by atoms with Gasteiger partial charge in [0.15, 0.2) is 0 Å². The lowest BCUT2D eigenvalue weighted by atomic mass is 10.0. The number of carboxylic acids is 2. The number of benzene rings is 4. The maximum atomic E-state index is 12.7. The van der Waals surface area contributed by atoms with Crippen LogP contribution >= 0.6 is 0 Å². The minimum Gasteiger partial charge on any atom is -0.496 e. The monoisotopic (exact) mass is 540 g/mol. The summed E-state index contributed by atoms with van der Waals surface area (Å²) in [5.41, 5.74) is 3.19. The number of hydrogen-bond donors (Lipinski definition) is 4. The maximum Gasteiger partial charge on any atom is 0.339 e. The summed E-state index contributed by atoms with van der Waals surface area (Å²) in [7, 11) is 2.70. The van der Waals surface area contributed by atoms with Gasteiger partial charge in [0.1, 0.15) is 22.6 Å². The number of methoxy groups -OCH3 is 2. The van der Waals surface area contributed by atoms with Gasteiger partial charge in [0.25, 0.3) is 11.8 Å². The first kappa shape index (κ1) is 27.4. The molecule has 0 atom stereocenters. The van der Waals surface area contributed by atoms with Crippen LogP contribution in [0, 0.1) is 0 Å². The zero-order valence-electron chi connectivity index (χ0n) is 21.4. The van der Waals surface area contributed by atoms with E-state index in [-0.39, 0.29) is 34.4 Å². The molecule has 10 heteroatoms. The Morgan fingerprint density at radius 3 is 1.20 bits per heavy atom. The summed E-state index contributed by atoms with van der Waals surface area (Å²) in [5, 5.41) is 23.8. The van der Waals surface area contributed by atoms with E-state index in [1.807, 2.05) is 0 Å². The second kappa shape index (κ2) is 11.8. The number of ether oxygens (including phenoxy) is 2. The van der Waals surface area contributed by atoms with Crippen LogP contribution in [0.25, 0.3) is 11.1 Å². The molecule has 0 aliphatic heterocycles.